The average Bonchev–Trinajstić information content (AvgIpc) is 3.50. The van der Waals surface area contributed by atoms with Gasteiger partial charge in [-0.2, -0.15) is 0 Å². The molecule has 0 aromatic carbocycles. The van der Waals surface area contributed by atoms with Crippen molar-refractivity contribution in [3.05, 3.63) is 47.6 Å². The smallest absolute Gasteiger partial charge is 0.280 e. The quantitative estimate of drug-likeness (QED) is 0.334. The summed E-state index contributed by atoms with van der Waals surface area (Å²) in [5.74, 6) is -0.0480. The Morgan fingerprint density at radius 1 is 1.26 bits per heavy atom. The zero-order valence-corrected chi connectivity index (χ0v) is 23.0. The molecule has 2 N–H and O–H groups in total. The fraction of sp³-hybridized carbons (Fsp3) is 0.480. The van der Waals surface area contributed by atoms with E-state index in [0.717, 1.165) is 6.42 Å². The van der Waals surface area contributed by atoms with Crippen LogP contribution in [-0.4, -0.2) is 77.3 Å². The van der Waals surface area contributed by atoms with Crippen molar-refractivity contribution < 1.29 is 22.3 Å². The van der Waals surface area contributed by atoms with Gasteiger partial charge in [0.25, 0.3) is 5.91 Å². The first-order valence-corrected chi connectivity index (χ1v) is 15.2. The molecule has 11 nitrogen and oxygen atoms in total. The summed E-state index contributed by atoms with van der Waals surface area (Å²) >= 11 is 1.18. The molecular weight excluding hydrogens is 545 g/mol. The number of carbonyl (C=O) groups is 1. The maximum atomic E-state index is 13.4. The Labute approximate surface area is 230 Å². The number of likely N-dealkylation sites (tertiary alicyclic amines) is 1. The van der Waals surface area contributed by atoms with Crippen LogP contribution in [0.4, 0.5) is 10.1 Å². The van der Waals surface area contributed by atoms with Crippen molar-refractivity contribution >= 4 is 33.0 Å². The van der Waals surface area contributed by atoms with Crippen molar-refractivity contribution in [2.24, 2.45) is 5.92 Å². The number of nitrogens with zero attached hydrogens (tertiary/aromatic N) is 5. The molecule has 3 aromatic rings. The van der Waals surface area contributed by atoms with E-state index >= 15 is 0 Å². The van der Waals surface area contributed by atoms with E-state index in [1.165, 1.54) is 23.7 Å². The van der Waals surface area contributed by atoms with Crippen molar-refractivity contribution in [3.63, 3.8) is 0 Å². The molecule has 5 rings (SSSR count). The lowest BCUT2D eigenvalue weighted by atomic mass is 9.95. The molecule has 3 aromatic heterocycles. The molecule has 1 aliphatic heterocycles. The largest absolute Gasteiger partial charge is 0.477 e. The number of amides is 1. The van der Waals surface area contributed by atoms with Gasteiger partial charge in [-0.05, 0) is 50.8 Å². The zero-order chi connectivity index (χ0) is 27.4. The van der Waals surface area contributed by atoms with Gasteiger partial charge in [0.2, 0.25) is 15.9 Å². The summed E-state index contributed by atoms with van der Waals surface area (Å²) in [7, 11) is -3.46. The molecule has 2 atom stereocenters. The van der Waals surface area contributed by atoms with Crippen molar-refractivity contribution in [1.29, 1.82) is 0 Å². The minimum Gasteiger partial charge on any atom is -0.477 e. The highest BCUT2D eigenvalue weighted by Gasteiger charge is 2.36. The lowest BCUT2D eigenvalue weighted by molar-refractivity contribution is 0.0919. The number of alkyl halides is 1. The Morgan fingerprint density at radius 2 is 2.10 bits per heavy atom. The highest BCUT2D eigenvalue weighted by Crippen LogP contribution is 2.33. The summed E-state index contributed by atoms with van der Waals surface area (Å²) < 4.78 is 46.0. The van der Waals surface area contributed by atoms with Gasteiger partial charge in [0, 0.05) is 25.5 Å². The van der Waals surface area contributed by atoms with E-state index in [9.17, 15) is 17.6 Å². The summed E-state index contributed by atoms with van der Waals surface area (Å²) in [6.07, 6.45) is 8.22. The minimum atomic E-state index is -3.46. The second-order valence-electron chi connectivity index (χ2n) is 9.51. The number of rotatable bonds is 12. The van der Waals surface area contributed by atoms with Crippen molar-refractivity contribution in [1.82, 2.24) is 30.2 Å². The maximum absolute atomic E-state index is 13.4. The average molecular weight is 576 g/mol. The van der Waals surface area contributed by atoms with Crippen molar-refractivity contribution in [3.8, 4) is 16.5 Å². The van der Waals surface area contributed by atoms with Crippen LogP contribution < -0.4 is 14.8 Å². The van der Waals surface area contributed by atoms with Gasteiger partial charge in [-0.3, -0.25) is 19.5 Å². The van der Waals surface area contributed by atoms with Crippen LogP contribution in [0.1, 0.15) is 47.7 Å². The van der Waals surface area contributed by atoms with Crippen LogP contribution in [0.25, 0.3) is 10.6 Å². The highest BCUT2D eigenvalue weighted by atomic mass is 32.2. The van der Waals surface area contributed by atoms with Gasteiger partial charge in [-0.1, -0.05) is 0 Å². The van der Waals surface area contributed by atoms with Gasteiger partial charge >= 0.3 is 0 Å². The van der Waals surface area contributed by atoms with E-state index in [1.807, 2.05) is 11.8 Å². The number of aromatic nitrogens is 4. The van der Waals surface area contributed by atoms with Crippen LogP contribution in [0.3, 0.4) is 0 Å². The first kappa shape index (κ1) is 27.3. The van der Waals surface area contributed by atoms with Gasteiger partial charge in [0.15, 0.2) is 5.01 Å². The Kier molecular flexibility index (Phi) is 8.33. The molecule has 0 bridgehead atoms. The third-order valence-corrected chi connectivity index (χ3v) is 9.54. The van der Waals surface area contributed by atoms with Gasteiger partial charge in [-0.25, -0.2) is 22.8 Å². The van der Waals surface area contributed by atoms with E-state index in [-0.39, 0.29) is 22.1 Å². The Hall–Kier alpha value is -3.23. The van der Waals surface area contributed by atoms with Gasteiger partial charge < -0.3 is 15.0 Å². The SMILES string of the molecule is CCOc1cncc(-c2cnc(C(=O)N[C@H](c3cc(NS(=O)(=O)C4CC4)ccn3)[C@@H]3CCN(CCF)C3)s2)n1. The molecule has 2 aliphatic rings. The van der Waals surface area contributed by atoms with Crippen LogP contribution >= 0.6 is 11.3 Å². The molecule has 0 spiro atoms. The summed E-state index contributed by atoms with van der Waals surface area (Å²) in [4.78, 5) is 33.4. The normalized spacial score (nSPS) is 18.6. The topological polar surface area (TPSA) is 139 Å². The number of nitrogens with one attached hydrogen (secondary N) is 2. The molecule has 1 saturated heterocycles. The number of sulfonamides is 1. The molecule has 208 valence electrons. The van der Waals surface area contributed by atoms with E-state index in [1.54, 1.807) is 24.5 Å². The Bertz CT molecular complexity index is 1420. The lowest BCUT2D eigenvalue weighted by Gasteiger charge is -2.25. The first-order valence-electron chi connectivity index (χ1n) is 12.8. The standard InChI is InChI=1S/C25H30FN7O4S2/c1-2-37-22-14-27-12-20(30-22)21-13-29-25(38-21)24(34)31-23(16-6-9-33(15-16)10-7-26)19-11-17(5-8-28-19)32-39(35,36)18-3-4-18/h5,8,11-14,16,18,23H,2-4,6-7,9-10,15H2,1H3,(H,28,32)(H,31,34)/t16-,23+/m1/s1. The summed E-state index contributed by atoms with van der Waals surface area (Å²) in [5.41, 5.74) is 1.47. The van der Waals surface area contributed by atoms with Crippen LogP contribution in [-0.2, 0) is 10.0 Å². The lowest BCUT2D eigenvalue weighted by Crippen LogP contribution is -2.35. The molecule has 14 heteroatoms. The Balaban J connectivity index is 1.37. The maximum Gasteiger partial charge on any atom is 0.280 e. The molecule has 0 unspecified atom stereocenters. The number of carbonyl (C=O) groups excluding carboxylic acids is 1. The molecular formula is C25H30FN7O4S2. The third-order valence-electron chi connectivity index (χ3n) is 6.65. The van der Waals surface area contributed by atoms with Crippen molar-refractivity contribution in [2.75, 3.05) is 37.6 Å². The summed E-state index contributed by atoms with van der Waals surface area (Å²) in [5, 5.41) is 2.93. The van der Waals surface area contributed by atoms with E-state index < -0.39 is 22.7 Å². The molecule has 39 heavy (non-hydrogen) atoms. The fourth-order valence-corrected chi connectivity index (χ4v) is 6.74. The number of ether oxygens (including phenoxy) is 1. The first-order chi connectivity index (χ1) is 18.9. The second-order valence-corrected chi connectivity index (χ2v) is 12.5. The van der Waals surface area contributed by atoms with Crippen LogP contribution in [0.2, 0.25) is 0 Å². The molecule has 2 fully saturated rings. The Morgan fingerprint density at radius 3 is 2.87 bits per heavy atom. The third kappa shape index (κ3) is 6.68. The zero-order valence-electron chi connectivity index (χ0n) is 21.4. The predicted molar refractivity (Wildman–Crippen MR) is 145 cm³/mol. The number of hydrogen-bond acceptors (Lipinski definition) is 10. The molecule has 1 saturated carbocycles. The number of halogens is 1. The van der Waals surface area contributed by atoms with Crippen LogP contribution in [0.5, 0.6) is 5.88 Å². The predicted octanol–water partition coefficient (Wildman–Crippen LogP) is 3.06. The van der Waals surface area contributed by atoms with E-state index in [0.29, 0.717) is 66.9 Å². The number of pyridine rings is 1. The van der Waals surface area contributed by atoms with Gasteiger partial charge in [0.05, 0.1) is 46.6 Å². The monoisotopic (exact) mass is 575 g/mol. The van der Waals surface area contributed by atoms with Gasteiger partial charge in [-0.15, -0.1) is 11.3 Å². The number of hydrogen-bond donors (Lipinski definition) is 2. The van der Waals surface area contributed by atoms with E-state index in [2.05, 4.69) is 30.0 Å². The van der Waals surface area contributed by atoms with Crippen LogP contribution in [0, 0.1) is 5.92 Å². The molecule has 1 aliphatic carbocycles. The number of thiazole rings is 1. The second kappa shape index (κ2) is 11.9. The highest BCUT2D eigenvalue weighted by molar-refractivity contribution is 7.93. The minimum absolute atomic E-state index is 0.0449. The molecule has 0 radical (unpaired) electrons. The molecule has 1 amide bonds. The fourth-order valence-electron chi connectivity index (χ4n) is 4.58. The summed E-state index contributed by atoms with van der Waals surface area (Å²) in [6.45, 7) is 3.46. The number of anilines is 1. The van der Waals surface area contributed by atoms with Crippen molar-refractivity contribution in [2.45, 2.75) is 37.5 Å². The molecule has 4 heterocycles. The van der Waals surface area contributed by atoms with Crippen LogP contribution in [0.15, 0.2) is 36.9 Å². The van der Waals surface area contributed by atoms with E-state index in [4.69, 9.17) is 4.74 Å². The van der Waals surface area contributed by atoms with Gasteiger partial charge in [0.1, 0.15) is 12.4 Å². The summed E-state index contributed by atoms with van der Waals surface area (Å²) in [6, 6.07) is 2.72.